The van der Waals surface area contributed by atoms with Gasteiger partial charge in [-0.1, -0.05) is 158 Å². The summed E-state index contributed by atoms with van der Waals surface area (Å²) in [6.45, 7) is 0. The molecule has 0 radical (unpaired) electrons. The SMILES string of the molecule is O=C(Nc1ccc(-c2ccc(NC(=O)c3ccccc3)c3c2C(=O)c2ccccc2C3=O)c2c1C(=O)c1ccccc1C2=O)c1ccccc1.O=C(Nc1cccc2c1C(=O)c1cccc(NC(=O)c3ccccc3)c1C2=O)c1ccccc1. The maximum atomic E-state index is 14.4. The summed E-state index contributed by atoms with van der Waals surface area (Å²) in [7, 11) is 0. The number of amides is 4. The lowest BCUT2D eigenvalue weighted by Crippen LogP contribution is -2.27. The van der Waals surface area contributed by atoms with Crippen LogP contribution in [0.2, 0.25) is 0 Å². The van der Waals surface area contributed by atoms with E-state index in [0.717, 1.165) is 0 Å². The molecular weight excluding hydrogens is 1060 g/mol. The summed E-state index contributed by atoms with van der Waals surface area (Å²) in [5.74, 6) is -4.44. The standard InChI is InChI=1S/C42H24N2O6.C28H18N2O4/c45-37-27-15-7-9-17-29(27)39(47)35-31(43-41(49)23-11-3-1-4-12-23)21-19-25(33(35)37)26-20-22-32(44-42(50)24-13-5-2-6-14-24)36-34(26)38(46)28-16-8-10-18-30(28)40(36)48;31-25-20-14-8-16-22(30-28(34)18-11-5-2-6-12-18)24(20)26(32)19-13-7-15-21(23(19)25)29-27(33)17-9-3-1-4-10-17/h1-22H,(H,43,49)(H,44,50);1-16H,(H,29,33)(H,30,34). The molecule has 4 amide bonds. The summed E-state index contributed by atoms with van der Waals surface area (Å²) in [5.41, 5.74) is 4.02. The van der Waals surface area contributed by atoms with E-state index in [1.165, 1.54) is 12.1 Å². The summed E-state index contributed by atoms with van der Waals surface area (Å²) in [4.78, 5) is 136. The van der Waals surface area contributed by atoms with Gasteiger partial charge in [0.25, 0.3) is 23.6 Å². The van der Waals surface area contributed by atoms with E-state index in [2.05, 4.69) is 21.3 Å². The Bertz CT molecular complexity index is 4210. The molecule has 84 heavy (non-hydrogen) atoms. The van der Waals surface area contributed by atoms with Crippen LogP contribution < -0.4 is 21.3 Å². The first-order chi connectivity index (χ1) is 40.9. The smallest absolute Gasteiger partial charge is 0.255 e. The first kappa shape index (κ1) is 52.8. The summed E-state index contributed by atoms with van der Waals surface area (Å²) in [5, 5.41) is 11.1. The number of carbonyl (C=O) groups excluding carboxylic acids is 10. The van der Waals surface area contributed by atoms with E-state index in [-0.39, 0.29) is 112 Å². The van der Waals surface area contributed by atoms with Crippen molar-refractivity contribution < 1.29 is 47.9 Å². The van der Waals surface area contributed by atoms with Gasteiger partial charge in [-0.15, -0.1) is 0 Å². The van der Waals surface area contributed by atoms with Crippen molar-refractivity contribution in [2.24, 2.45) is 0 Å². The quantitative estimate of drug-likeness (QED) is 0.107. The molecule has 10 aromatic rings. The van der Waals surface area contributed by atoms with Crippen LogP contribution in [0.3, 0.4) is 0 Å². The molecule has 13 rings (SSSR count). The minimum absolute atomic E-state index is 0.0121. The predicted molar refractivity (Wildman–Crippen MR) is 316 cm³/mol. The van der Waals surface area contributed by atoms with Gasteiger partial charge >= 0.3 is 0 Å². The van der Waals surface area contributed by atoms with Gasteiger partial charge in [0, 0.05) is 66.8 Å². The van der Waals surface area contributed by atoms with Gasteiger partial charge < -0.3 is 21.3 Å². The van der Waals surface area contributed by atoms with Gasteiger partial charge in [-0.25, -0.2) is 0 Å². The van der Waals surface area contributed by atoms with Gasteiger partial charge in [0.2, 0.25) is 0 Å². The molecule has 0 bridgehead atoms. The van der Waals surface area contributed by atoms with Gasteiger partial charge in [0.15, 0.2) is 34.7 Å². The van der Waals surface area contributed by atoms with Crippen LogP contribution >= 0.6 is 0 Å². The van der Waals surface area contributed by atoms with E-state index in [9.17, 15) is 47.9 Å². The highest BCUT2D eigenvalue weighted by Crippen LogP contribution is 2.44. The number of fused-ring (bicyclic) bond motifs is 6. The van der Waals surface area contributed by atoms with E-state index in [4.69, 9.17) is 0 Å². The number of hydrogen-bond donors (Lipinski definition) is 4. The second-order valence-electron chi connectivity index (χ2n) is 19.6. The fraction of sp³-hybridized carbons (Fsp3) is 0. The lowest BCUT2D eigenvalue weighted by atomic mass is 9.75. The highest BCUT2D eigenvalue weighted by Gasteiger charge is 2.40. The van der Waals surface area contributed by atoms with E-state index < -0.39 is 46.5 Å². The molecule has 0 aliphatic heterocycles. The Kier molecular flexibility index (Phi) is 13.8. The van der Waals surface area contributed by atoms with Crippen LogP contribution in [0.1, 0.15) is 137 Å². The fourth-order valence-corrected chi connectivity index (χ4v) is 10.7. The molecule has 3 aliphatic rings. The summed E-state index contributed by atoms with van der Waals surface area (Å²) >= 11 is 0. The van der Waals surface area contributed by atoms with E-state index >= 15 is 0 Å². The lowest BCUT2D eigenvalue weighted by molar-refractivity contribution is 0.0977. The third-order valence-electron chi connectivity index (χ3n) is 14.7. The second-order valence-corrected chi connectivity index (χ2v) is 19.6. The van der Waals surface area contributed by atoms with Gasteiger partial charge in [-0.2, -0.15) is 0 Å². The zero-order chi connectivity index (χ0) is 58.2. The van der Waals surface area contributed by atoms with Crippen LogP contribution in [0.15, 0.2) is 231 Å². The molecule has 0 fully saturated rings. The summed E-state index contributed by atoms with van der Waals surface area (Å²) < 4.78 is 0. The van der Waals surface area contributed by atoms with Crippen molar-refractivity contribution in [2.45, 2.75) is 0 Å². The third kappa shape index (κ3) is 9.46. The van der Waals surface area contributed by atoms with E-state index in [0.29, 0.717) is 22.3 Å². The van der Waals surface area contributed by atoms with Crippen LogP contribution in [-0.4, -0.2) is 58.3 Å². The molecule has 0 aromatic heterocycles. The molecule has 0 saturated carbocycles. The van der Waals surface area contributed by atoms with Crippen molar-refractivity contribution in [2.75, 3.05) is 21.3 Å². The van der Waals surface area contributed by atoms with Gasteiger partial charge in [-0.05, 0) is 83.9 Å². The molecular formula is C70H42N4O10. The third-order valence-corrected chi connectivity index (χ3v) is 14.7. The average Bonchev–Trinajstić information content (AvgIpc) is 1.08. The van der Waals surface area contributed by atoms with Crippen molar-refractivity contribution >= 4 is 81.1 Å². The number of benzene rings is 10. The highest BCUT2D eigenvalue weighted by molar-refractivity contribution is 6.36. The number of anilines is 4. The maximum absolute atomic E-state index is 14.4. The van der Waals surface area contributed by atoms with Gasteiger partial charge in [0.05, 0.1) is 45.0 Å². The minimum atomic E-state index is -0.480. The fourth-order valence-electron chi connectivity index (χ4n) is 10.7. The molecule has 0 heterocycles. The number of nitrogens with one attached hydrogen (secondary N) is 4. The number of rotatable bonds is 9. The molecule has 0 spiro atoms. The largest absolute Gasteiger partial charge is 0.321 e. The molecule has 0 atom stereocenters. The topological polar surface area (TPSA) is 219 Å². The van der Waals surface area contributed by atoms with Crippen LogP contribution in [0.5, 0.6) is 0 Å². The number of ketones is 6. The normalized spacial score (nSPS) is 12.4. The molecule has 14 nitrogen and oxygen atoms in total. The van der Waals surface area contributed by atoms with Gasteiger partial charge in [0.1, 0.15) is 0 Å². The average molecular weight is 1100 g/mol. The zero-order valence-electron chi connectivity index (χ0n) is 44.0. The molecule has 4 N–H and O–H groups in total. The predicted octanol–water partition coefficient (Wildman–Crippen LogP) is 12.4. The monoisotopic (exact) mass is 1100 g/mol. The Morgan fingerprint density at radius 2 is 0.417 bits per heavy atom. The summed E-state index contributed by atoms with van der Waals surface area (Å²) in [6.07, 6.45) is 0. The molecule has 10 aromatic carbocycles. The number of hydrogen-bond acceptors (Lipinski definition) is 10. The minimum Gasteiger partial charge on any atom is -0.321 e. The van der Waals surface area contributed by atoms with E-state index in [1.54, 1.807) is 218 Å². The first-order valence-corrected chi connectivity index (χ1v) is 26.4. The van der Waals surface area contributed by atoms with Crippen molar-refractivity contribution in [3.63, 3.8) is 0 Å². The molecule has 0 unspecified atom stereocenters. The van der Waals surface area contributed by atoms with Crippen molar-refractivity contribution in [1.82, 2.24) is 0 Å². The van der Waals surface area contributed by atoms with Crippen molar-refractivity contribution in [3.05, 3.63) is 320 Å². The van der Waals surface area contributed by atoms with Crippen LogP contribution in [0, 0.1) is 0 Å². The Balaban J connectivity index is 0.000000178. The van der Waals surface area contributed by atoms with Gasteiger partial charge in [-0.3, -0.25) is 47.9 Å². The van der Waals surface area contributed by atoms with Crippen LogP contribution in [0.4, 0.5) is 22.7 Å². The highest BCUT2D eigenvalue weighted by atomic mass is 16.2. The van der Waals surface area contributed by atoms with Crippen LogP contribution in [0.25, 0.3) is 11.1 Å². The molecule has 14 heteroatoms. The Morgan fingerprint density at radius 1 is 0.190 bits per heavy atom. The van der Waals surface area contributed by atoms with Crippen molar-refractivity contribution in [1.29, 1.82) is 0 Å². The van der Waals surface area contributed by atoms with E-state index in [1.807, 2.05) is 0 Å². The molecule has 3 aliphatic carbocycles. The Labute approximate surface area is 478 Å². The Morgan fingerprint density at radius 3 is 0.702 bits per heavy atom. The Hall–Kier alpha value is -11.9. The second kappa shape index (κ2) is 22.0. The summed E-state index contributed by atoms with van der Waals surface area (Å²) in [6, 6.07) is 62.6. The lowest BCUT2D eigenvalue weighted by Gasteiger charge is -2.26. The maximum Gasteiger partial charge on any atom is 0.255 e. The molecule has 402 valence electrons. The molecule has 0 saturated heterocycles. The first-order valence-electron chi connectivity index (χ1n) is 26.4. The van der Waals surface area contributed by atoms with Crippen molar-refractivity contribution in [3.8, 4) is 11.1 Å². The zero-order valence-corrected chi connectivity index (χ0v) is 44.0. The number of carbonyl (C=O) groups is 10. The van der Waals surface area contributed by atoms with Crippen LogP contribution in [-0.2, 0) is 0 Å².